The summed E-state index contributed by atoms with van der Waals surface area (Å²) in [5, 5.41) is 3.37. The highest BCUT2D eigenvalue weighted by Crippen LogP contribution is 2.24. The van der Waals surface area contributed by atoms with E-state index in [2.05, 4.69) is 21.4 Å². The molecule has 0 unspecified atom stereocenters. The van der Waals surface area contributed by atoms with E-state index in [0.29, 0.717) is 17.9 Å². The Hall–Kier alpha value is -1.81. The van der Waals surface area contributed by atoms with Gasteiger partial charge in [-0.3, -0.25) is 0 Å². The molecule has 0 aliphatic carbocycles. The van der Waals surface area contributed by atoms with E-state index in [1.807, 2.05) is 19.1 Å². The van der Waals surface area contributed by atoms with Gasteiger partial charge in [-0.05, 0) is 50.6 Å². The molecule has 21 heavy (non-hydrogen) atoms. The molecule has 1 fully saturated rings. The molecule has 1 aliphatic rings. The number of piperidine rings is 1. The van der Waals surface area contributed by atoms with Gasteiger partial charge >= 0.3 is 0 Å². The fourth-order valence-electron chi connectivity index (χ4n) is 2.91. The molecule has 1 saturated heterocycles. The van der Waals surface area contributed by atoms with E-state index in [0.717, 1.165) is 43.1 Å². The predicted molar refractivity (Wildman–Crippen MR) is 80.8 cm³/mol. The van der Waals surface area contributed by atoms with Gasteiger partial charge in [0.1, 0.15) is 11.6 Å². The summed E-state index contributed by atoms with van der Waals surface area (Å²) in [7, 11) is 0. The number of aromatic nitrogens is 2. The van der Waals surface area contributed by atoms with E-state index in [-0.39, 0.29) is 5.82 Å². The van der Waals surface area contributed by atoms with Crippen LogP contribution in [-0.4, -0.2) is 23.1 Å². The summed E-state index contributed by atoms with van der Waals surface area (Å²) < 4.78 is 13.8. The fourth-order valence-corrected chi connectivity index (χ4v) is 2.91. The second kappa shape index (κ2) is 6.31. The number of nitrogens with one attached hydrogen (secondary N) is 1. The van der Waals surface area contributed by atoms with E-state index < -0.39 is 0 Å². The molecule has 0 saturated carbocycles. The van der Waals surface area contributed by atoms with Crippen molar-refractivity contribution in [1.29, 1.82) is 0 Å². The van der Waals surface area contributed by atoms with E-state index in [9.17, 15) is 4.39 Å². The Morgan fingerprint density at radius 1 is 1.19 bits per heavy atom. The molecule has 0 radical (unpaired) electrons. The zero-order valence-corrected chi connectivity index (χ0v) is 12.3. The second-order valence-corrected chi connectivity index (χ2v) is 5.62. The molecule has 2 heterocycles. The number of rotatable bonds is 3. The van der Waals surface area contributed by atoms with Crippen LogP contribution in [0.3, 0.4) is 0 Å². The maximum atomic E-state index is 13.8. The van der Waals surface area contributed by atoms with Crippen molar-refractivity contribution in [3.05, 3.63) is 58.9 Å². The average molecular weight is 285 g/mol. The molecule has 3 nitrogen and oxygen atoms in total. The van der Waals surface area contributed by atoms with Crippen LogP contribution in [0.1, 0.15) is 41.5 Å². The molecule has 2 aromatic rings. The number of hydrogen-bond donors (Lipinski definition) is 1. The lowest BCUT2D eigenvalue weighted by Crippen LogP contribution is -2.27. The van der Waals surface area contributed by atoms with Gasteiger partial charge in [0.2, 0.25) is 0 Å². The third-order valence-electron chi connectivity index (χ3n) is 4.00. The van der Waals surface area contributed by atoms with Gasteiger partial charge in [0.05, 0.1) is 0 Å². The predicted octanol–water partition coefficient (Wildman–Crippen LogP) is 2.98. The maximum Gasteiger partial charge on any atom is 0.126 e. The fraction of sp³-hybridized carbons (Fsp3) is 0.412. The molecule has 1 aromatic carbocycles. The minimum atomic E-state index is -0.169. The number of halogens is 1. The van der Waals surface area contributed by atoms with Crippen LogP contribution in [0.2, 0.25) is 0 Å². The molecule has 3 rings (SSSR count). The van der Waals surface area contributed by atoms with Gasteiger partial charge in [0, 0.05) is 23.7 Å². The zero-order valence-electron chi connectivity index (χ0n) is 12.3. The highest BCUT2D eigenvalue weighted by Gasteiger charge is 2.18. The van der Waals surface area contributed by atoms with Gasteiger partial charge in [-0.15, -0.1) is 0 Å². The van der Waals surface area contributed by atoms with Crippen LogP contribution in [0.15, 0.2) is 30.3 Å². The third kappa shape index (κ3) is 3.45. The Morgan fingerprint density at radius 3 is 2.71 bits per heavy atom. The normalized spacial score (nSPS) is 16.1. The van der Waals surface area contributed by atoms with E-state index in [1.54, 1.807) is 6.07 Å². The monoisotopic (exact) mass is 285 g/mol. The van der Waals surface area contributed by atoms with Gasteiger partial charge < -0.3 is 5.32 Å². The number of nitrogens with zero attached hydrogens (tertiary/aromatic N) is 2. The van der Waals surface area contributed by atoms with Crippen molar-refractivity contribution in [2.75, 3.05) is 13.1 Å². The molecule has 110 valence electrons. The summed E-state index contributed by atoms with van der Waals surface area (Å²) in [6.45, 7) is 3.99. The topological polar surface area (TPSA) is 37.8 Å². The van der Waals surface area contributed by atoms with Crippen LogP contribution in [0.4, 0.5) is 4.39 Å². The summed E-state index contributed by atoms with van der Waals surface area (Å²) >= 11 is 0. The first-order valence-corrected chi connectivity index (χ1v) is 7.51. The average Bonchev–Trinajstić information content (AvgIpc) is 2.50. The summed E-state index contributed by atoms with van der Waals surface area (Å²) in [5.74, 6) is 1.10. The SMILES string of the molecule is Cc1nc(Cc2ccccc2F)cc(C2CCNCC2)n1. The van der Waals surface area contributed by atoms with E-state index in [4.69, 9.17) is 0 Å². The van der Waals surface area contributed by atoms with Crippen molar-refractivity contribution in [2.45, 2.75) is 32.1 Å². The van der Waals surface area contributed by atoms with Crippen LogP contribution in [0.5, 0.6) is 0 Å². The van der Waals surface area contributed by atoms with E-state index >= 15 is 0 Å². The number of aryl methyl sites for hydroxylation is 1. The smallest absolute Gasteiger partial charge is 0.126 e. The molecule has 0 atom stereocenters. The Balaban J connectivity index is 1.85. The standard InChI is InChI=1S/C17H20FN3/c1-12-20-15(10-14-4-2-3-5-16(14)18)11-17(21-12)13-6-8-19-9-7-13/h2-5,11,13,19H,6-10H2,1H3. The van der Waals surface area contributed by atoms with Crippen molar-refractivity contribution in [3.8, 4) is 0 Å². The van der Waals surface area contributed by atoms with Gasteiger partial charge in [0.25, 0.3) is 0 Å². The maximum absolute atomic E-state index is 13.8. The summed E-state index contributed by atoms with van der Waals surface area (Å²) in [6.07, 6.45) is 2.74. The first kappa shape index (κ1) is 14.1. The lowest BCUT2D eigenvalue weighted by atomic mass is 9.93. The number of benzene rings is 1. The summed E-state index contributed by atoms with van der Waals surface area (Å²) in [4.78, 5) is 9.06. The molecule has 1 aromatic heterocycles. The molecule has 1 aliphatic heterocycles. The Bertz CT molecular complexity index is 621. The quantitative estimate of drug-likeness (QED) is 0.942. The van der Waals surface area contributed by atoms with Crippen molar-refractivity contribution in [2.24, 2.45) is 0 Å². The molecular weight excluding hydrogens is 265 g/mol. The van der Waals surface area contributed by atoms with Crippen LogP contribution < -0.4 is 5.32 Å². The summed E-state index contributed by atoms with van der Waals surface area (Å²) in [6, 6.07) is 8.94. The molecule has 0 amide bonds. The van der Waals surface area contributed by atoms with Crippen molar-refractivity contribution in [3.63, 3.8) is 0 Å². The lowest BCUT2D eigenvalue weighted by molar-refractivity contribution is 0.451. The first-order valence-electron chi connectivity index (χ1n) is 7.51. The van der Waals surface area contributed by atoms with Crippen LogP contribution in [-0.2, 0) is 6.42 Å². The Labute approximate surface area is 124 Å². The summed E-state index contributed by atoms with van der Waals surface area (Å²) in [5.41, 5.74) is 2.70. The minimum absolute atomic E-state index is 0.169. The molecule has 1 N–H and O–H groups in total. The highest BCUT2D eigenvalue weighted by atomic mass is 19.1. The first-order chi connectivity index (χ1) is 10.2. The van der Waals surface area contributed by atoms with Gasteiger partial charge in [-0.2, -0.15) is 0 Å². The molecule has 0 bridgehead atoms. The lowest BCUT2D eigenvalue weighted by Gasteiger charge is -2.22. The molecule has 0 spiro atoms. The van der Waals surface area contributed by atoms with Crippen molar-refractivity contribution >= 4 is 0 Å². The minimum Gasteiger partial charge on any atom is -0.317 e. The molecule has 4 heteroatoms. The highest BCUT2D eigenvalue weighted by molar-refractivity contribution is 5.25. The van der Waals surface area contributed by atoms with E-state index in [1.165, 1.54) is 6.07 Å². The van der Waals surface area contributed by atoms with Crippen LogP contribution in [0, 0.1) is 12.7 Å². The largest absolute Gasteiger partial charge is 0.317 e. The van der Waals surface area contributed by atoms with Crippen molar-refractivity contribution < 1.29 is 4.39 Å². The Morgan fingerprint density at radius 2 is 1.95 bits per heavy atom. The number of hydrogen-bond acceptors (Lipinski definition) is 3. The second-order valence-electron chi connectivity index (χ2n) is 5.62. The van der Waals surface area contributed by atoms with Gasteiger partial charge in [0.15, 0.2) is 0 Å². The Kier molecular flexibility index (Phi) is 4.25. The van der Waals surface area contributed by atoms with Crippen LogP contribution in [0.25, 0.3) is 0 Å². The van der Waals surface area contributed by atoms with Crippen LogP contribution >= 0.6 is 0 Å². The van der Waals surface area contributed by atoms with Gasteiger partial charge in [-0.25, -0.2) is 14.4 Å². The third-order valence-corrected chi connectivity index (χ3v) is 4.00. The van der Waals surface area contributed by atoms with Gasteiger partial charge in [-0.1, -0.05) is 18.2 Å². The molecular formula is C17H20FN3. The van der Waals surface area contributed by atoms with Crippen molar-refractivity contribution in [1.82, 2.24) is 15.3 Å². The zero-order chi connectivity index (χ0) is 14.7.